The van der Waals surface area contributed by atoms with E-state index in [2.05, 4.69) is 36.1 Å². The van der Waals surface area contributed by atoms with Gasteiger partial charge in [-0.2, -0.15) is 0 Å². The Labute approximate surface area is 276 Å². The molecule has 0 bridgehead atoms. The number of nitrogens with one attached hydrogen (secondary N) is 2. The molecule has 254 valence electrons. The van der Waals surface area contributed by atoms with E-state index in [-0.39, 0.29) is 13.2 Å². The molecule has 0 aliphatic rings. The predicted octanol–water partition coefficient (Wildman–Crippen LogP) is 2.72. The minimum absolute atomic E-state index is 0.263. The summed E-state index contributed by atoms with van der Waals surface area (Å²) in [7, 11) is -1.62. The van der Waals surface area contributed by atoms with Gasteiger partial charge < -0.3 is 50.4 Å². The molecule has 2 aromatic rings. The molecule has 2 rings (SSSR count). The maximum atomic E-state index is 10.00. The molecule has 0 amide bonds. The molecule has 0 aliphatic heterocycles. The van der Waals surface area contributed by atoms with E-state index in [0.29, 0.717) is 6.61 Å². The van der Waals surface area contributed by atoms with Crippen LogP contribution in [0, 0.1) is 11.8 Å². The quantitative estimate of drug-likeness (QED) is 0.0614. The van der Waals surface area contributed by atoms with E-state index in [9.17, 15) is 30.5 Å². The molecule has 8 N–H and O–H groups in total. The largest absolute Gasteiger partial charge is 0.494 e. The summed E-state index contributed by atoms with van der Waals surface area (Å²) in [6.07, 6.45) is 8.18. The third-order valence-corrected chi connectivity index (χ3v) is 6.72. The molecule has 0 heterocycles. The highest BCUT2D eigenvalue weighted by molar-refractivity contribution is 6.45. The van der Waals surface area contributed by atoms with Crippen LogP contribution in [0.25, 0.3) is 6.08 Å². The molecule has 2 aromatic carbocycles. The minimum Gasteiger partial charge on any atom is -0.494 e. The van der Waals surface area contributed by atoms with Crippen LogP contribution in [0.15, 0.2) is 54.6 Å². The lowest BCUT2D eigenvalue weighted by atomic mass is 9.86. The van der Waals surface area contributed by atoms with Gasteiger partial charge in [-0.1, -0.05) is 75.7 Å². The first-order chi connectivity index (χ1) is 22.1. The molecule has 10 nitrogen and oxygen atoms in total. The SMILES string of the molecule is CCCCCOc1ccc(/C=C/[C@H](O)C(CO)NB(C)O)cc1.CCCCCOc1ccc(C#C[C@H](O)C(CO)NB(C)O)cc1. The average molecular weight is 640 g/mol. The number of ether oxygens (including phenoxy) is 2. The van der Waals surface area contributed by atoms with Crippen molar-refractivity contribution in [1.82, 2.24) is 10.5 Å². The topological polar surface area (TPSA) is 164 Å². The van der Waals surface area contributed by atoms with Crippen molar-refractivity contribution in [1.29, 1.82) is 0 Å². The van der Waals surface area contributed by atoms with Crippen molar-refractivity contribution >= 4 is 20.2 Å². The average Bonchev–Trinajstić information content (AvgIpc) is 3.05. The molecular formula is C34H54B2N2O8. The zero-order valence-corrected chi connectivity index (χ0v) is 27.8. The molecule has 0 fully saturated rings. The highest BCUT2D eigenvalue weighted by Gasteiger charge is 2.19. The van der Waals surface area contributed by atoms with Crippen LogP contribution in [0.2, 0.25) is 13.6 Å². The lowest BCUT2D eigenvalue weighted by molar-refractivity contribution is 0.133. The Morgan fingerprint density at radius 2 is 1.22 bits per heavy atom. The van der Waals surface area contributed by atoms with E-state index in [1.54, 1.807) is 19.0 Å². The second kappa shape index (κ2) is 25.3. The number of unbranched alkanes of at least 4 members (excludes halogenated alkanes) is 4. The Balaban J connectivity index is 0.000000460. The Morgan fingerprint density at radius 3 is 1.67 bits per heavy atom. The number of benzene rings is 2. The van der Waals surface area contributed by atoms with Gasteiger partial charge in [-0.25, -0.2) is 0 Å². The van der Waals surface area contributed by atoms with Crippen LogP contribution in [0.4, 0.5) is 0 Å². The van der Waals surface area contributed by atoms with Gasteiger partial charge in [0.2, 0.25) is 0 Å². The highest BCUT2D eigenvalue weighted by Crippen LogP contribution is 2.15. The maximum absolute atomic E-state index is 10.00. The van der Waals surface area contributed by atoms with Crippen LogP contribution in [-0.4, -0.2) is 95.3 Å². The molecule has 0 saturated carbocycles. The van der Waals surface area contributed by atoms with E-state index in [4.69, 9.17) is 9.47 Å². The van der Waals surface area contributed by atoms with Crippen LogP contribution in [-0.2, 0) is 0 Å². The highest BCUT2D eigenvalue weighted by atomic mass is 16.5. The van der Waals surface area contributed by atoms with Crippen molar-refractivity contribution < 1.29 is 39.9 Å². The van der Waals surface area contributed by atoms with Gasteiger partial charge in [0.15, 0.2) is 0 Å². The number of rotatable bonds is 20. The first kappa shape index (κ1) is 41.2. The second-order valence-electron chi connectivity index (χ2n) is 11.0. The van der Waals surface area contributed by atoms with Crippen LogP contribution in [0.1, 0.15) is 63.5 Å². The first-order valence-corrected chi connectivity index (χ1v) is 16.2. The van der Waals surface area contributed by atoms with Crippen molar-refractivity contribution in [3.05, 3.63) is 65.7 Å². The summed E-state index contributed by atoms with van der Waals surface area (Å²) in [5, 5.41) is 62.1. The number of hydrogen-bond acceptors (Lipinski definition) is 10. The fraction of sp³-hybridized carbons (Fsp3) is 0.529. The summed E-state index contributed by atoms with van der Waals surface area (Å²) in [4.78, 5) is 0. The predicted molar refractivity (Wildman–Crippen MR) is 187 cm³/mol. The number of aliphatic hydroxyl groups excluding tert-OH is 4. The Kier molecular flexibility index (Phi) is 22.6. The lowest BCUT2D eigenvalue weighted by Crippen LogP contribution is -2.48. The fourth-order valence-corrected chi connectivity index (χ4v) is 4.12. The van der Waals surface area contributed by atoms with Crippen LogP contribution in [0.3, 0.4) is 0 Å². The van der Waals surface area contributed by atoms with Crippen molar-refractivity contribution in [3.8, 4) is 23.3 Å². The van der Waals surface area contributed by atoms with Gasteiger partial charge in [-0.05, 0) is 68.4 Å². The Bertz CT molecular complexity index is 1120. The summed E-state index contributed by atoms with van der Waals surface area (Å²) >= 11 is 0. The van der Waals surface area contributed by atoms with E-state index in [1.807, 2.05) is 48.5 Å². The van der Waals surface area contributed by atoms with Crippen molar-refractivity contribution in [2.75, 3.05) is 26.4 Å². The second-order valence-corrected chi connectivity index (χ2v) is 11.0. The molecule has 0 aromatic heterocycles. The molecular weight excluding hydrogens is 586 g/mol. The normalized spacial score (nSPS) is 13.4. The Morgan fingerprint density at radius 1 is 0.739 bits per heavy atom. The zero-order chi connectivity index (χ0) is 34.2. The standard InChI is InChI=1S/C17H28BNO4.C17H26BNO4/c2*1-3-4-5-12-23-15-9-6-14(7-10-15)8-11-17(21)16(13-20)19-18(2)22/h6-11,16-17,19-22H,3-5,12-13H2,1-2H3;6-7,9-10,16-17,19-22H,3-5,12-13H2,1-2H3/b11-8+;/t2*16?,17-/m00/s1. The molecule has 0 saturated heterocycles. The van der Waals surface area contributed by atoms with Gasteiger partial charge in [-0.3, -0.25) is 0 Å². The molecule has 0 aliphatic carbocycles. The molecule has 12 heteroatoms. The van der Waals surface area contributed by atoms with Gasteiger partial charge >= 0.3 is 14.1 Å². The van der Waals surface area contributed by atoms with Crippen molar-refractivity contribution in [2.24, 2.45) is 0 Å². The number of aliphatic hydroxyl groups is 4. The van der Waals surface area contributed by atoms with Gasteiger partial charge in [0.05, 0.1) is 44.6 Å². The van der Waals surface area contributed by atoms with Crippen LogP contribution >= 0.6 is 0 Å². The molecule has 2 unspecified atom stereocenters. The summed E-state index contributed by atoms with van der Waals surface area (Å²) in [5.41, 5.74) is 1.68. The summed E-state index contributed by atoms with van der Waals surface area (Å²) in [5.74, 6) is 7.15. The molecule has 0 spiro atoms. The van der Waals surface area contributed by atoms with Crippen LogP contribution in [0.5, 0.6) is 11.5 Å². The van der Waals surface area contributed by atoms with E-state index >= 15 is 0 Å². The van der Waals surface area contributed by atoms with Crippen molar-refractivity contribution in [3.63, 3.8) is 0 Å². The van der Waals surface area contributed by atoms with E-state index < -0.39 is 38.4 Å². The molecule has 46 heavy (non-hydrogen) atoms. The summed E-state index contributed by atoms with van der Waals surface area (Å²) in [6, 6.07) is 13.7. The third-order valence-electron chi connectivity index (χ3n) is 6.72. The maximum Gasteiger partial charge on any atom is 0.374 e. The smallest absolute Gasteiger partial charge is 0.374 e. The molecule has 0 radical (unpaired) electrons. The van der Waals surface area contributed by atoms with Crippen LogP contribution < -0.4 is 19.9 Å². The van der Waals surface area contributed by atoms with Gasteiger partial charge in [0.25, 0.3) is 0 Å². The number of hydrogen-bond donors (Lipinski definition) is 8. The summed E-state index contributed by atoms with van der Waals surface area (Å²) in [6.45, 7) is 8.23. The van der Waals surface area contributed by atoms with Gasteiger partial charge in [0, 0.05) is 5.56 Å². The summed E-state index contributed by atoms with van der Waals surface area (Å²) < 4.78 is 11.3. The monoisotopic (exact) mass is 640 g/mol. The first-order valence-electron chi connectivity index (χ1n) is 16.2. The Hall–Kier alpha value is -2.85. The van der Waals surface area contributed by atoms with Gasteiger partial charge in [0.1, 0.15) is 17.6 Å². The van der Waals surface area contributed by atoms with E-state index in [1.165, 1.54) is 26.1 Å². The lowest BCUT2D eigenvalue weighted by Gasteiger charge is -2.20. The molecule has 4 atom stereocenters. The fourth-order valence-electron chi connectivity index (χ4n) is 4.12. The van der Waals surface area contributed by atoms with Gasteiger partial charge in [-0.15, -0.1) is 0 Å². The third kappa shape index (κ3) is 19.0. The zero-order valence-electron chi connectivity index (χ0n) is 27.8. The van der Waals surface area contributed by atoms with Crippen molar-refractivity contribution in [2.45, 2.75) is 90.3 Å². The van der Waals surface area contributed by atoms with E-state index in [0.717, 1.165) is 48.5 Å². The minimum atomic E-state index is -1.07.